The van der Waals surface area contributed by atoms with Gasteiger partial charge in [-0.3, -0.25) is 4.90 Å². The Labute approximate surface area is 126 Å². The first-order chi connectivity index (χ1) is 10.1. The average molecular weight is 293 g/mol. The van der Waals surface area contributed by atoms with Gasteiger partial charge < -0.3 is 9.47 Å². The van der Waals surface area contributed by atoms with Gasteiger partial charge in [0, 0.05) is 25.4 Å². The highest BCUT2D eigenvalue weighted by molar-refractivity contribution is 5.26. The fraction of sp³-hybridized carbons (Fsp3) is 0.647. The number of ether oxygens (including phenoxy) is 2. The molecule has 1 saturated heterocycles. The number of hydrogen-bond donors (Lipinski definition) is 0. The fourth-order valence-corrected chi connectivity index (χ4v) is 3.48. The predicted octanol–water partition coefficient (Wildman–Crippen LogP) is 3.25. The Bertz CT molecular complexity index is 490. The smallest absolute Gasteiger partial charge is 0.168 e. The van der Waals surface area contributed by atoms with Crippen LogP contribution in [0.3, 0.4) is 0 Å². The molecule has 0 atom stereocenters. The van der Waals surface area contributed by atoms with Crippen LogP contribution in [-0.4, -0.2) is 37.0 Å². The number of halogens is 1. The van der Waals surface area contributed by atoms with Crippen LogP contribution in [0.5, 0.6) is 0 Å². The van der Waals surface area contributed by atoms with Crippen LogP contribution in [0.15, 0.2) is 18.2 Å². The van der Waals surface area contributed by atoms with E-state index in [2.05, 4.69) is 11.9 Å². The molecule has 1 spiro atoms. The molecule has 1 aromatic rings. The molecule has 21 heavy (non-hydrogen) atoms. The van der Waals surface area contributed by atoms with Crippen LogP contribution in [0.2, 0.25) is 0 Å². The summed E-state index contributed by atoms with van der Waals surface area (Å²) in [6.45, 7) is 4.29. The summed E-state index contributed by atoms with van der Waals surface area (Å²) in [6, 6.07) is 5.55. The summed E-state index contributed by atoms with van der Waals surface area (Å²) in [5.41, 5.74) is 2.23. The first kappa shape index (κ1) is 14.9. The van der Waals surface area contributed by atoms with Crippen LogP contribution >= 0.6 is 0 Å². The third kappa shape index (κ3) is 3.28. The predicted molar refractivity (Wildman–Crippen MR) is 79.5 cm³/mol. The maximum atomic E-state index is 13.4. The third-order valence-electron chi connectivity index (χ3n) is 4.88. The minimum absolute atomic E-state index is 0.153. The van der Waals surface area contributed by atoms with Gasteiger partial charge in [0.2, 0.25) is 0 Å². The van der Waals surface area contributed by atoms with E-state index in [-0.39, 0.29) is 11.6 Å². The summed E-state index contributed by atoms with van der Waals surface area (Å²) in [5, 5.41) is 0. The second kappa shape index (κ2) is 6.03. The molecule has 1 aliphatic heterocycles. The molecule has 1 aliphatic carbocycles. The van der Waals surface area contributed by atoms with E-state index in [0.29, 0.717) is 6.04 Å². The topological polar surface area (TPSA) is 21.7 Å². The minimum atomic E-state index is -0.299. The van der Waals surface area contributed by atoms with Crippen LogP contribution in [0.1, 0.15) is 36.8 Å². The lowest BCUT2D eigenvalue weighted by atomic mass is 9.89. The van der Waals surface area contributed by atoms with Gasteiger partial charge in [-0.2, -0.15) is 0 Å². The summed E-state index contributed by atoms with van der Waals surface area (Å²) in [7, 11) is 2.13. The van der Waals surface area contributed by atoms with Crippen molar-refractivity contribution < 1.29 is 13.9 Å². The summed E-state index contributed by atoms with van der Waals surface area (Å²) >= 11 is 0. The average Bonchev–Trinajstić information content (AvgIpc) is 2.92. The quantitative estimate of drug-likeness (QED) is 0.854. The molecule has 2 aliphatic rings. The zero-order chi connectivity index (χ0) is 14.9. The summed E-state index contributed by atoms with van der Waals surface area (Å²) < 4.78 is 24.9. The van der Waals surface area contributed by atoms with E-state index in [1.54, 1.807) is 6.07 Å². The van der Waals surface area contributed by atoms with Crippen molar-refractivity contribution >= 4 is 0 Å². The second-order valence-corrected chi connectivity index (χ2v) is 6.32. The maximum absolute atomic E-state index is 13.4. The number of nitrogens with zero attached hydrogens (tertiary/aromatic N) is 1. The van der Waals surface area contributed by atoms with Crippen LogP contribution in [-0.2, 0) is 16.0 Å². The van der Waals surface area contributed by atoms with Crippen molar-refractivity contribution in [2.75, 3.05) is 20.3 Å². The molecule has 0 unspecified atom stereocenters. The van der Waals surface area contributed by atoms with Gasteiger partial charge in [0.25, 0.3) is 0 Å². The standard InChI is InChI=1S/C17H24FNO2/c1-13-3-4-15(18)11-14(13)12-19(2)16-5-7-17(8-6-16)20-9-10-21-17/h3-4,11,16H,5-10,12H2,1-2H3. The molecule has 116 valence electrons. The Morgan fingerprint density at radius 3 is 2.57 bits per heavy atom. The molecular weight excluding hydrogens is 269 g/mol. The number of hydrogen-bond acceptors (Lipinski definition) is 3. The number of aryl methyl sites for hydroxylation is 1. The van der Waals surface area contributed by atoms with E-state index in [4.69, 9.17) is 9.47 Å². The van der Waals surface area contributed by atoms with Crippen molar-refractivity contribution in [2.24, 2.45) is 0 Å². The van der Waals surface area contributed by atoms with Crippen molar-refractivity contribution in [3.8, 4) is 0 Å². The van der Waals surface area contributed by atoms with E-state index in [9.17, 15) is 4.39 Å². The Kier molecular flexibility index (Phi) is 4.29. The molecule has 0 bridgehead atoms. The van der Waals surface area contributed by atoms with Gasteiger partial charge in [0.05, 0.1) is 13.2 Å². The molecule has 0 amide bonds. The van der Waals surface area contributed by atoms with E-state index in [1.807, 2.05) is 13.0 Å². The fourth-order valence-electron chi connectivity index (χ4n) is 3.48. The zero-order valence-corrected chi connectivity index (χ0v) is 12.9. The minimum Gasteiger partial charge on any atom is -0.348 e. The van der Waals surface area contributed by atoms with Crippen molar-refractivity contribution in [1.82, 2.24) is 4.90 Å². The lowest BCUT2D eigenvalue weighted by Gasteiger charge is -2.39. The highest BCUT2D eigenvalue weighted by atomic mass is 19.1. The van der Waals surface area contributed by atoms with Gasteiger partial charge in [0.15, 0.2) is 5.79 Å². The molecular formula is C17H24FNO2. The lowest BCUT2D eigenvalue weighted by molar-refractivity contribution is -0.183. The van der Waals surface area contributed by atoms with Crippen molar-refractivity contribution in [1.29, 1.82) is 0 Å². The first-order valence-electron chi connectivity index (χ1n) is 7.81. The molecule has 0 aromatic heterocycles. The van der Waals surface area contributed by atoms with E-state index in [1.165, 1.54) is 6.07 Å². The largest absolute Gasteiger partial charge is 0.348 e. The molecule has 0 N–H and O–H groups in total. The molecule has 4 heteroatoms. The van der Waals surface area contributed by atoms with E-state index >= 15 is 0 Å². The Hall–Kier alpha value is -0.970. The van der Waals surface area contributed by atoms with Crippen LogP contribution in [0.25, 0.3) is 0 Å². The van der Waals surface area contributed by atoms with Gasteiger partial charge in [0.1, 0.15) is 5.82 Å². The Morgan fingerprint density at radius 2 is 1.90 bits per heavy atom. The molecule has 3 nitrogen and oxygen atoms in total. The van der Waals surface area contributed by atoms with E-state index < -0.39 is 0 Å². The van der Waals surface area contributed by atoms with Crippen molar-refractivity contribution in [3.05, 3.63) is 35.1 Å². The highest BCUT2D eigenvalue weighted by Gasteiger charge is 2.40. The Balaban J connectivity index is 1.59. The summed E-state index contributed by atoms with van der Waals surface area (Å²) in [5.74, 6) is -0.453. The monoisotopic (exact) mass is 293 g/mol. The Morgan fingerprint density at radius 1 is 1.24 bits per heavy atom. The molecule has 2 fully saturated rings. The normalized spacial score (nSPS) is 22.3. The second-order valence-electron chi connectivity index (χ2n) is 6.32. The summed E-state index contributed by atoms with van der Waals surface area (Å²) in [6.07, 6.45) is 4.07. The lowest BCUT2D eigenvalue weighted by Crippen LogP contribution is -2.42. The zero-order valence-electron chi connectivity index (χ0n) is 12.9. The molecule has 1 saturated carbocycles. The van der Waals surface area contributed by atoms with Crippen molar-refractivity contribution in [2.45, 2.75) is 51.0 Å². The summed E-state index contributed by atoms with van der Waals surface area (Å²) in [4.78, 5) is 2.34. The molecule has 1 aromatic carbocycles. The van der Waals surface area contributed by atoms with Crippen LogP contribution in [0, 0.1) is 12.7 Å². The van der Waals surface area contributed by atoms with Gasteiger partial charge in [-0.25, -0.2) is 4.39 Å². The maximum Gasteiger partial charge on any atom is 0.168 e. The van der Waals surface area contributed by atoms with Crippen LogP contribution in [0.4, 0.5) is 4.39 Å². The van der Waals surface area contributed by atoms with Gasteiger partial charge in [-0.15, -0.1) is 0 Å². The number of benzene rings is 1. The van der Waals surface area contributed by atoms with E-state index in [0.717, 1.165) is 56.6 Å². The van der Waals surface area contributed by atoms with Crippen molar-refractivity contribution in [3.63, 3.8) is 0 Å². The molecule has 1 heterocycles. The molecule has 3 rings (SSSR count). The van der Waals surface area contributed by atoms with Crippen LogP contribution < -0.4 is 0 Å². The SMILES string of the molecule is Cc1ccc(F)cc1CN(C)C1CCC2(CC1)OCCO2. The van der Waals surface area contributed by atoms with Gasteiger partial charge >= 0.3 is 0 Å². The number of rotatable bonds is 3. The highest BCUT2D eigenvalue weighted by Crippen LogP contribution is 2.37. The third-order valence-corrected chi connectivity index (χ3v) is 4.88. The first-order valence-corrected chi connectivity index (χ1v) is 7.81. The van der Waals surface area contributed by atoms with Gasteiger partial charge in [-0.1, -0.05) is 6.07 Å². The van der Waals surface area contributed by atoms with Gasteiger partial charge in [-0.05, 0) is 50.1 Å². The molecule has 0 radical (unpaired) electrons.